The number of halogens is 5. The molecule has 27 heavy (non-hydrogen) atoms. The van der Waals surface area contributed by atoms with E-state index in [1.807, 2.05) is 0 Å². The Morgan fingerprint density at radius 3 is 2.52 bits per heavy atom. The number of alkyl halides is 4. The molecule has 0 amide bonds. The molecule has 0 aliphatic carbocycles. The molecule has 0 aliphatic rings. The van der Waals surface area contributed by atoms with Crippen LogP contribution < -0.4 is 4.74 Å². The summed E-state index contributed by atoms with van der Waals surface area (Å²) in [6.45, 7) is 0. The number of carboxylic acids is 1. The second-order valence-corrected chi connectivity index (χ2v) is 5.62. The second-order valence-electron chi connectivity index (χ2n) is 5.62. The van der Waals surface area contributed by atoms with Gasteiger partial charge in [-0.1, -0.05) is 12.1 Å². The van der Waals surface area contributed by atoms with Crippen LogP contribution in [-0.4, -0.2) is 33.7 Å². The Hall–Kier alpha value is -2.75. The number of pyridine rings is 1. The number of rotatable bonds is 8. The van der Waals surface area contributed by atoms with E-state index in [2.05, 4.69) is 9.72 Å². The molecule has 0 spiro atoms. The van der Waals surface area contributed by atoms with E-state index in [9.17, 15) is 37.0 Å². The molecule has 1 aromatic carbocycles. The van der Waals surface area contributed by atoms with Gasteiger partial charge in [-0.05, 0) is 41.8 Å². The summed E-state index contributed by atoms with van der Waals surface area (Å²) >= 11 is 0. The van der Waals surface area contributed by atoms with Crippen LogP contribution in [0.1, 0.15) is 17.2 Å². The highest BCUT2D eigenvalue weighted by molar-refractivity contribution is 5.71. The van der Waals surface area contributed by atoms with Crippen molar-refractivity contribution in [2.75, 3.05) is 0 Å². The van der Waals surface area contributed by atoms with Gasteiger partial charge in [0, 0.05) is 6.20 Å². The Morgan fingerprint density at radius 2 is 1.93 bits per heavy atom. The van der Waals surface area contributed by atoms with Crippen molar-refractivity contribution < 1.29 is 41.7 Å². The summed E-state index contributed by atoms with van der Waals surface area (Å²) in [5.41, 5.74) is 0.102. The third-order valence-corrected chi connectivity index (χ3v) is 3.65. The highest BCUT2D eigenvalue weighted by Crippen LogP contribution is 2.30. The van der Waals surface area contributed by atoms with Crippen molar-refractivity contribution in [2.24, 2.45) is 5.92 Å². The number of aliphatic hydroxyl groups is 1. The number of nitrogens with zero attached hydrogens (tertiary/aromatic N) is 1. The topological polar surface area (TPSA) is 79.7 Å². The number of ether oxygens (including phenoxy) is 1. The van der Waals surface area contributed by atoms with Crippen LogP contribution in [0, 0.1) is 11.9 Å². The van der Waals surface area contributed by atoms with E-state index in [0.29, 0.717) is 0 Å². The summed E-state index contributed by atoms with van der Waals surface area (Å²) in [6.07, 6.45) is -9.67. The molecule has 0 fully saturated rings. The number of carbonyl (C=O) groups is 1. The van der Waals surface area contributed by atoms with Gasteiger partial charge in [-0.25, -0.2) is 4.98 Å². The maximum atomic E-state index is 13.2. The Morgan fingerprint density at radius 1 is 1.22 bits per heavy atom. The minimum Gasteiger partial charge on any atom is -0.481 e. The van der Waals surface area contributed by atoms with E-state index < -0.39 is 42.2 Å². The Bertz CT molecular complexity index is 802. The summed E-state index contributed by atoms with van der Waals surface area (Å²) in [7, 11) is 0. The van der Waals surface area contributed by atoms with E-state index in [0.717, 1.165) is 24.4 Å². The standard InChI is InChI=1S/C17H14F5NO4/c18-13-8-10(4-5-23-13)14(24)12(15(25)26)7-9-2-1-3-11(6-9)27-17(21,22)16(19)20/h1-6,8,12,14,16,24H,7H2,(H,25,26). The minimum absolute atomic E-state index is 0.0356. The molecule has 2 aromatic rings. The molecule has 0 saturated heterocycles. The van der Waals surface area contributed by atoms with Gasteiger partial charge in [0.05, 0.1) is 12.0 Å². The molecular formula is C17H14F5NO4. The molecule has 1 heterocycles. The van der Waals surface area contributed by atoms with E-state index in [4.69, 9.17) is 0 Å². The lowest BCUT2D eigenvalue weighted by atomic mass is 9.90. The molecule has 2 rings (SSSR count). The van der Waals surface area contributed by atoms with Gasteiger partial charge in [0.1, 0.15) is 5.75 Å². The fraction of sp³-hybridized carbons (Fsp3) is 0.294. The first-order valence-electron chi connectivity index (χ1n) is 7.56. The predicted molar refractivity (Wildman–Crippen MR) is 82.0 cm³/mol. The zero-order valence-corrected chi connectivity index (χ0v) is 13.5. The molecule has 2 unspecified atom stereocenters. The maximum absolute atomic E-state index is 13.2. The first-order chi connectivity index (χ1) is 12.6. The lowest BCUT2D eigenvalue weighted by molar-refractivity contribution is -0.253. The fourth-order valence-corrected chi connectivity index (χ4v) is 2.36. The first kappa shape index (κ1) is 20.6. The molecule has 1 aromatic heterocycles. The zero-order valence-electron chi connectivity index (χ0n) is 13.5. The van der Waals surface area contributed by atoms with Gasteiger partial charge in [0.25, 0.3) is 0 Å². The number of hydrogen-bond donors (Lipinski definition) is 2. The number of aliphatic carboxylic acids is 1. The summed E-state index contributed by atoms with van der Waals surface area (Å²) in [4.78, 5) is 14.8. The molecule has 0 aliphatic heterocycles. The lowest BCUT2D eigenvalue weighted by Crippen LogP contribution is -2.33. The van der Waals surface area contributed by atoms with Crippen molar-refractivity contribution in [3.05, 3.63) is 59.7 Å². The number of carboxylic acid groups (broad SMARTS) is 1. The summed E-state index contributed by atoms with van der Waals surface area (Å²) < 4.78 is 67.6. The van der Waals surface area contributed by atoms with E-state index in [-0.39, 0.29) is 17.5 Å². The summed E-state index contributed by atoms with van der Waals surface area (Å²) in [5, 5.41) is 19.6. The van der Waals surface area contributed by atoms with E-state index in [1.165, 1.54) is 18.2 Å². The number of aromatic nitrogens is 1. The summed E-state index contributed by atoms with van der Waals surface area (Å²) in [5.74, 6) is -4.40. The molecule has 2 atom stereocenters. The lowest BCUT2D eigenvalue weighted by Gasteiger charge is -2.20. The smallest absolute Gasteiger partial charge is 0.461 e. The van der Waals surface area contributed by atoms with Gasteiger partial charge in [-0.2, -0.15) is 22.0 Å². The van der Waals surface area contributed by atoms with Gasteiger partial charge in [0.15, 0.2) is 0 Å². The first-order valence-corrected chi connectivity index (χ1v) is 7.56. The Kier molecular flexibility index (Phi) is 6.32. The Labute approximate surface area is 150 Å². The quantitative estimate of drug-likeness (QED) is 0.532. The van der Waals surface area contributed by atoms with Crippen LogP contribution in [0.15, 0.2) is 42.6 Å². The SMILES string of the molecule is O=C(O)C(Cc1cccc(OC(F)(F)C(F)F)c1)C(O)c1ccnc(F)c1. The zero-order chi connectivity index (χ0) is 20.2. The predicted octanol–water partition coefficient (Wildman–Crippen LogP) is 3.43. The largest absolute Gasteiger partial charge is 0.481 e. The number of hydrogen-bond acceptors (Lipinski definition) is 4. The van der Waals surface area contributed by atoms with Crippen LogP contribution in [0.25, 0.3) is 0 Å². The van der Waals surface area contributed by atoms with Crippen LogP contribution in [0.3, 0.4) is 0 Å². The van der Waals surface area contributed by atoms with Crippen LogP contribution in [-0.2, 0) is 11.2 Å². The molecule has 0 radical (unpaired) electrons. The van der Waals surface area contributed by atoms with Gasteiger partial charge in [-0.3, -0.25) is 4.79 Å². The molecular weight excluding hydrogens is 377 g/mol. The van der Waals surface area contributed by atoms with Crippen LogP contribution in [0.5, 0.6) is 5.75 Å². The van der Waals surface area contributed by atoms with Crippen molar-refractivity contribution in [1.29, 1.82) is 0 Å². The number of aliphatic hydroxyl groups excluding tert-OH is 1. The van der Waals surface area contributed by atoms with Crippen molar-refractivity contribution >= 4 is 5.97 Å². The second kappa shape index (κ2) is 8.30. The molecule has 2 N–H and O–H groups in total. The van der Waals surface area contributed by atoms with Gasteiger partial charge in [0.2, 0.25) is 5.95 Å². The molecule has 0 bridgehead atoms. The average molecular weight is 391 g/mol. The molecule has 0 saturated carbocycles. The van der Waals surface area contributed by atoms with E-state index >= 15 is 0 Å². The van der Waals surface area contributed by atoms with Crippen LogP contribution in [0.4, 0.5) is 22.0 Å². The molecule has 146 valence electrons. The third-order valence-electron chi connectivity index (χ3n) is 3.65. The normalized spacial score (nSPS) is 14.0. The van der Waals surface area contributed by atoms with Crippen molar-refractivity contribution in [1.82, 2.24) is 4.98 Å². The molecule has 10 heteroatoms. The van der Waals surface area contributed by atoms with Gasteiger partial charge in [-0.15, -0.1) is 0 Å². The van der Waals surface area contributed by atoms with Crippen LogP contribution >= 0.6 is 0 Å². The third kappa shape index (κ3) is 5.36. The van der Waals surface area contributed by atoms with Gasteiger partial charge >= 0.3 is 18.5 Å². The number of benzene rings is 1. The van der Waals surface area contributed by atoms with Crippen molar-refractivity contribution in [3.63, 3.8) is 0 Å². The van der Waals surface area contributed by atoms with Crippen molar-refractivity contribution in [3.8, 4) is 5.75 Å². The highest BCUT2D eigenvalue weighted by Gasteiger charge is 2.44. The monoisotopic (exact) mass is 391 g/mol. The minimum atomic E-state index is -4.71. The van der Waals surface area contributed by atoms with Gasteiger partial charge < -0.3 is 14.9 Å². The molecule has 5 nitrogen and oxygen atoms in total. The Balaban J connectivity index is 2.22. The van der Waals surface area contributed by atoms with Crippen molar-refractivity contribution in [2.45, 2.75) is 25.1 Å². The highest BCUT2D eigenvalue weighted by atomic mass is 19.3. The van der Waals surface area contributed by atoms with E-state index in [1.54, 1.807) is 0 Å². The maximum Gasteiger partial charge on any atom is 0.461 e. The average Bonchev–Trinajstić information content (AvgIpc) is 2.58. The van der Waals surface area contributed by atoms with Crippen LogP contribution in [0.2, 0.25) is 0 Å². The fourth-order valence-electron chi connectivity index (χ4n) is 2.36. The summed E-state index contributed by atoms with van der Waals surface area (Å²) in [6, 6.07) is 6.62.